The fourth-order valence-electron chi connectivity index (χ4n) is 1.80. The molecule has 0 saturated carbocycles. The summed E-state index contributed by atoms with van der Waals surface area (Å²) in [5, 5.41) is 0. The number of hydrogen-bond donors (Lipinski definition) is 0. The molecule has 4 nitrogen and oxygen atoms in total. The highest BCUT2D eigenvalue weighted by Gasteiger charge is 2.13. The van der Waals surface area contributed by atoms with E-state index in [9.17, 15) is 9.18 Å². The lowest BCUT2D eigenvalue weighted by atomic mass is 10.1. The first kappa shape index (κ1) is 14.1. The second-order valence-electron chi connectivity index (χ2n) is 4.38. The Bertz CT molecular complexity index is 656. The summed E-state index contributed by atoms with van der Waals surface area (Å²) in [6.07, 6.45) is 1.44. The summed E-state index contributed by atoms with van der Waals surface area (Å²) in [5.41, 5.74) is 2.12. The lowest BCUT2D eigenvalue weighted by molar-refractivity contribution is 0.0524. The van der Waals surface area contributed by atoms with Crippen LogP contribution in [-0.4, -0.2) is 22.5 Å². The van der Waals surface area contributed by atoms with Gasteiger partial charge in [-0.3, -0.25) is 0 Å². The van der Waals surface area contributed by atoms with Gasteiger partial charge in [-0.1, -0.05) is 0 Å². The molecular formula is C15H15FN2O2. The number of halogens is 1. The van der Waals surface area contributed by atoms with Gasteiger partial charge in [-0.2, -0.15) is 0 Å². The molecule has 0 aliphatic heterocycles. The van der Waals surface area contributed by atoms with Gasteiger partial charge in [0.2, 0.25) is 0 Å². The Balaban J connectivity index is 2.37. The van der Waals surface area contributed by atoms with Gasteiger partial charge in [0.1, 0.15) is 5.82 Å². The van der Waals surface area contributed by atoms with Crippen LogP contribution in [0.15, 0.2) is 24.4 Å². The van der Waals surface area contributed by atoms with Crippen LogP contribution in [0.1, 0.15) is 28.5 Å². The van der Waals surface area contributed by atoms with E-state index in [-0.39, 0.29) is 5.82 Å². The predicted molar refractivity (Wildman–Crippen MR) is 72.9 cm³/mol. The molecule has 20 heavy (non-hydrogen) atoms. The zero-order valence-corrected chi connectivity index (χ0v) is 11.6. The summed E-state index contributed by atoms with van der Waals surface area (Å²) in [6.45, 7) is 5.44. The largest absolute Gasteiger partial charge is 0.462 e. The molecule has 5 heteroatoms. The maximum Gasteiger partial charge on any atom is 0.341 e. The second kappa shape index (κ2) is 5.77. The van der Waals surface area contributed by atoms with Crippen LogP contribution < -0.4 is 0 Å². The number of aryl methyl sites for hydroxylation is 2. The van der Waals surface area contributed by atoms with Gasteiger partial charge in [-0.05, 0) is 44.5 Å². The molecular weight excluding hydrogens is 259 g/mol. The maximum atomic E-state index is 13.2. The first-order valence-electron chi connectivity index (χ1n) is 6.30. The van der Waals surface area contributed by atoms with Crippen molar-refractivity contribution in [2.75, 3.05) is 6.61 Å². The van der Waals surface area contributed by atoms with Crippen molar-refractivity contribution in [3.63, 3.8) is 0 Å². The van der Waals surface area contributed by atoms with Crippen LogP contribution in [0.4, 0.5) is 4.39 Å². The summed E-state index contributed by atoms with van der Waals surface area (Å²) in [6, 6.07) is 4.66. The molecule has 0 N–H and O–H groups in total. The summed E-state index contributed by atoms with van der Waals surface area (Å²) in [4.78, 5) is 20.1. The van der Waals surface area contributed by atoms with E-state index >= 15 is 0 Å². The maximum absolute atomic E-state index is 13.2. The molecule has 1 aromatic heterocycles. The van der Waals surface area contributed by atoms with Gasteiger partial charge in [0.15, 0.2) is 5.82 Å². The summed E-state index contributed by atoms with van der Waals surface area (Å²) in [7, 11) is 0. The van der Waals surface area contributed by atoms with Crippen LogP contribution in [-0.2, 0) is 4.74 Å². The van der Waals surface area contributed by atoms with Crippen molar-refractivity contribution in [3.05, 3.63) is 47.0 Å². The minimum atomic E-state index is -0.438. The standard InChI is InChI=1S/C15H15FN2O2/c1-4-20-15(19)12-8-17-14(18-10(12)3)11-5-6-13(16)9(2)7-11/h5-8H,4H2,1-3H3. The van der Waals surface area contributed by atoms with Crippen molar-refractivity contribution in [1.29, 1.82) is 0 Å². The number of aromatic nitrogens is 2. The number of esters is 1. The van der Waals surface area contributed by atoms with Crippen LogP contribution in [0.3, 0.4) is 0 Å². The molecule has 0 aliphatic carbocycles. The molecule has 0 saturated heterocycles. The Hall–Kier alpha value is -2.30. The van der Waals surface area contributed by atoms with Gasteiger partial charge < -0.3 is 4.74 Å². The van der Waals surface area contributed by atoms with E-state index in [1.165, 1.54) is 12.3 Å². The number of nitrogens with zero attached hydrogens (tertiary/aromatic N) is 2. The van der Waals surface area contributed by atoms with Gasteiger partial charge >= 0.3 is 5.97 Å². The highest BCUT2D eigenvalue weighted by atomic mass is 19.1. The van der Waals surface area contributed by atoms with Crippen molar-refractivity contribution in [1.82, 2.24) is 9.97 Å². The minimum absolute atomic E-state index is 0.270. The van der Waals surface area contributed by atoms with E-state index in [0.29, 0.717) is 34.8 Å². The molecule has 104 valence electrons. The highest BCUT2D eigenvalue weighted by molar-refractivity contribution is 5.90. The van der Waals surface area contributed by atoms with Crippen molar-refractivity contribution in [2.45, 2.75) is 20.8 Å². The second-order valence-corrected chi connectivity index (χ2v) is 4.38. The molecule has 0 unspecified atom stereocenters. The summed E-state index contributed by atoms with van der Waals surface area (Å²) in [5.74, 6) is -0.251. The smallest absolute Gasteiger partial charge is 0.341 e. The first-order valence-corrected chi connectivity index (χ1v) is 6.30. The Morgan fingerprint density at radius 1 is 1.35 bits per heavy atom. The van der Waals surface area contributed by atoms with Crippen LogP contribution in [0, 0.1) is 19.7 Å². The normalized spacial score (nSPS) is 10.4. The van der Waals surface area contributed by atoms with Crippen LogP contribution >= 0.6 is 0 Å². The van der Waals surface area contributed by atoms with Gasteiger partial charge in [-0.15, -0.1) is 0 Å². The number of carbonyl (C=O) groups excluding carboxylic acids is 1. The van der Waals surface area contributed by atoms with E-state index in [1.807, 2.05) is 0 Å². The predicted octanol–water partition coefficient (Wildman–Crippen LogP) is 3.08. The number of rotatable bonds is 3. The average molecular weight is 274 g/mol. The van der Waals surface area contributed by atoms with Gasteiger partial charge in [0.25, 0.3) is 0 Å². The van der Waals surface area contributed by atoms with E-state index in [1.54, 1.807) is 32.9 Å². The Morgan fingerprint density at radius 3 is 2.70 bits per heavy atom. The van der Waals surface area contributed by atoms with Crippen LogP contribution in [0.2, 0.25) is 0 Å². The quantitative estimate of drug-likeness (QED) is 0.807. The van der Waals surface area contributed by atoms with Crippen molar-refractivity contribution < 1.29 is 13.9 Å². The zero-order valence-electron chi connectivity index (χ0n) is 11.6. The van der Waals surface area contributed by atoms with Crippen LogP contribution in [0.5, 0.6) is 0 Å². The Morgan fingerprint density at radius 2 is 2.10 bits per heavy atom. The highest BCUT2D eigenvalue weighted by Crippen LogP contribution is 2.19. The van der Waals surface area contributed by atoms with Crippen molar-refractivity contribution in [2.24, 2.45) is 0 Å². The van der Waals surface area contributed by atoms with Crippen LogP contribution in [0.25, 0.3) is 11.4 Å². The lowest BCUT2D eigenvalue weighted by Gasteiger charge is -2.07. The average Bonchev–Trinajstić information content (AvgIpc) is 2.42. The fraction of sp³-hybridized carbons (Fsp3) is 0.267. The topological polar surface area (TPSA) is 52.1 Å². The molecule has 1 heterocycles. The van der Waals surface area contributed by atoms with Gasteiger partial charge in [0, 0.05) is 11.8 Å². The Kier molecular flexibility index (Phi) is 4.08. The van der Waals surface area contributed by atoms with E-state index < -0.39 is 5.97 Å². The first-order chi connectivity index (χ1) is 9.52. The lowest BCUT2D eigenvalue weighted by Crippen LogP contribution is -2.09. The number of hydrogen-bond acceptors (Lipinski definition) is 4. The molecule has 0 atom stereocenters. The van der Waals surface area contributed by atoms with E-state index in [0.717, 1.165) is 0 Å². The molecule has 1 aromatic carbocycles. The van der Waals surface area contributed by atoms with Gasteiger partial charge in [-0.25, -0.2) is 19.2 Å². The molecule has 0 radical (unpaired) electrons. The van der Waals surface area contributed by atoms with Crippen molar-refractivity contribution >= 4 is 5.97 Å². The SMILES string of the molecule is CCOC(=O)c1cnc(-c2ccc(F)c(C)c2)nc1C. The number of benzene rings is 1. The Labute approximate surface area is 116 Å². The molecule has 0 amide bonds. The van der Waals surface area contributed by atoms with Gasteiger partial charge in [0.05, 0.1) is 17.9 Å². The van der Waals surface area contributed by atoms with Crippen molar-refractivity contribution in [3.8, 4) is 11.4 Å². The molecule has 0 fully saturated rings. The monoisotopic (exact) mass is 274 g/mol. The minimum Gasteiger partial charge on any atom is -0.462 e. The number of carbonyl (C=O) groups is 1. The third-order valence-corrected chi connectivity index (χ3v) is 2.89. The van der Waals surface area contributed by atoms with E-state index in [2.05, 4.69) is 9.97 Å². The third-order valence-electron chi connectivity index (χ3n) is 2.89. The molecule has 2 rings (SSSR count). The molecule has 0 bridgehead atoms. The fourth-order valence-corrected chi connectivity index (χ4v) is 1.80. The zero-order chi connectivity index (χ0) is 14.7. The number of ether oxygens (including phenoxy) is 1. The summed E-state index contributed by atoms with van der Waals surface area (Å²) >= 11 is 0. The molecule has 2 aromatic rings. The molecule has 0 spiro atoms. The summed E-state index contributed by atoms with van der Waals surface area (Å²) < 4.78 is 18.2. The third kappa shape index (κ3) is 2.82. The van der Waals surface area contributed by atoms with E-state index in [4.69, 9.17) is 4.74 Å². The molecule has 0 aliphatic rings.